The summed E-state index contributed by atoms with van der Waals surface area (Å²) in [5, 5.41) is 7.99. The summed E-state index contributed by atoms with van der Waals surface area (Å²) in [6, 6.07) is 5.86. The Kier molecular flexibility index (Phi) is 3.49. The van der Waals surface area contributed by atoms with E-state index in [0.29, 0.717) is 39.9 Å². The third kappa shape index (κ3) is 2.84. The number of aromatic amines is 1. The molecule has 4 aromatic rings. The molecule has 0 bridgehead atoms. The molecule has 0 unspecified atom stereocenters. The van der Waals surface area contributed by atoms with E-state index in [0.717, 1.165) is 24.3 Å². The van der Waals surface area contributed by atoms with Crippen LogP contribution in [0.1, 0.15) is 24.4 Å². The number of nitrogens with one attached hydrogen (secondary N) is 1. The quantitative estimate of drug-likeness (QED) is 0.539. The molecule has 0 amide bonds. The highest BCUT2D eigenvalue weighted by molar-refractivity contribution is 6.35. The predicted octanol–water partition coefficient (Wildman–Crippen LogP) is 4.92. The molecule has 5 rings (SSSR count). The van der Waals surface area contributed by atoms with E-state index in [1.165, 1.54) is 6.07 Å². The number of halogens is 4. The molecule has 3 heterocycles. The molecule has 9 heteroatoms. The molecule has 1 aliphatic rings. The first-order valence-corrected chi connectivity index (χ1v) is 8.86. The van der Waals surface area contributed by atoms with Crippen LogP contribution in [0.15, 0.2) is 30.5 Å². The number of aromatic nitrogens is 5. The van der Waals surface area contributed by atoms with E-state index >= 15 is 0 Å². The van der Waals surface area contributed by atoms with Gasteiger partial charge in [-0.25, -0.2) is 9.97 Å². The van der Waals surface area contributed by atoms with Gasteiger partial charge >= 0.3 is 6.18 Å². The Hall–Kier alpha value is -2.61. The fraction of sp³-hybridized carbons (Fsp3) is 0.278. The van der Waals surface area contributed by atoms with Gasteiger partial charge in [-0.1, -0.05) is 11.6 Å². The summed E-state index contributed by atoms with van der Waals surface area (Å²) >= 11 is 6.34. The third-order valence-electron chi connectivity index (χ3n) is 4.78. The van der Waals surface area contributed by atoms with Crippen molar-refractivity contribution in [3.63, 3.8) is 0 Å². The first kappa shape index (κ1) is 16.6. The molecule has 0 spiro atoms. The standard InChI is InChI=1S/C18H13ClF3N5/c19-12-7-11(6-10-8-23-26-16(10)12)27-15(5-9-1-2-9)24-13-3-4-14(18(20,21)22)25-17(13)27/h3-4,6-9H,1-2,5H2,(H,23,26). The van der Waals surface area contributed by atoms with Crippen LogP contribution in [0.3, 0.4) is 0 Å². The molecule has 3 aromatic heterocycles. The maximum Gasteiger partial charge on any atom is 0.433 e. The summed E-state index contributed by atoms with van der Waals surface area (Å²) in [6.45, 7) is 0. The Morgan fingerprint density at radius 3 is 2.74 bits per heavy atom. The fourth-order valence-electron chi connectivity index (χ4n) is 3.28. The molecule has 5 nitrogen and oxygen atoms in total. The molecule has 0 saturated heterocycles. The number of pyridine rings is 1. The highest BCUT2D eigenvalue weighted by Gasteiger charge is 2.33. The lowest BCUT2D eigenvalue weighted by molar-refractivity contribution is -0.141. The molecular weight excluding hydrogens is 379 g/mol. The SMILES string of the molecule is FC(F)(F)c1ccc2nc(CC3CC3)n(-c3cc(Cl)c4[nH]ncc4c3)c2n1. The van der Waals surface area contributed by atoms with Crippen molar-refractivity contribution in [3.05, 3.63) is 47.0 Å². The summed E-state index contributed by atoms with van der Waals surface area (Å²) in [5.74, 6) is 1.20. The van der Waals surface area contributed by atoms with E-state index in [4.69, 9.17) is 11.6 Å². The largest absolute Gasteiger partial charge is 0.433 e. The number of nitrogens with zero attached hydrogens (tertiary/aromatic N) is 4. The number of H-pyrrole nitrogens is 1. The van der Waals surface area contributed by atoms with Gasteiger partial charge in [0.05, 0.1) is 22.4 Å². The molecule has 0 atom stereocenters. The molecule has 1 aliphatic carbocycles. The summed E-state index contributed by atoms with van der Waals surface area (Å²) < 4.78 is 41.2. The van der Waals surface area contributed by atoms with Gasteiger partial charge in [-0.3, -0.25) is 9.67 Å². The summed E-state index contributed by atoms with van der Waals surface area (Å²) in [5.41, 5.74) is 0.974. The number of benzene rings is 1. The maximum atomic E-state index is 13.2. The molecule has 1 saturated carbocycles. The van der Waals surface area contributed by atoms with Gasteiger partial charge in [0.15, 0.2) is 5.65 Å². The first-order chi connectivity index (χ1) is 12.9. The van der Waals surface area contributed by atoms with Gasteiger partial charge in [0, 0.05) is 11.8 Å². The van der Waals surface area contributed by atoms with E-state index in [1.807, 2.05) is 6.07 Å². The second kappa shape index (κ2) is 5.69. The molecular formula is C18H13ClF3N5. The van der Waals surface area contributed by atoms with E-state index in [9.17, 15) is 13.2 Å². The van der Waals surface area contributed by atoms with Crippen molar-refractivity contribution in [2.24, 2.45) is 5.92 Å². The number of imidazole rings is 1. The third-order valence-corrected chi connectivity index (χ3v) is 5.07. The van der Waals surface area contributed by atoms with Crippen LogP contribution >= 0.6 is 11.6 Å². The Morgan fingerprint density at radius 2 is 2.00 bits per heavy atom. The van der Waals surface area contributed by atoms with Crippen LogP contribution in [0.25, 0.3) is 27.8 Å². The van der Waals surface area contributed by atoms with Crippen LogP contribution in [-0.4, -0.2) is 24.7 Å². The fourth-order valence-corrected chi connectivity index (χ4v) is 3.54. The van der Waals surface area contributed by atoms with Crippen molar-refractivity contribution in [2.45, 2.75) is 25.4 Å². The van der Waals surface area contributed by atoms with E-state index in [1.54, 1.807) is 16.8 Å². The van der Waals surface area contributed by atoms with Gasteiger partial charge in [-0.05, 0) is 43.0 Å². The number of fused-ring (bicyclic) bond motifs is 2. The normalized spacial score (nSPS) is 15.1. The number of hydrogen-bond donors (Lipinski definition) is 1. The Bertz CT molecular complexity index is 1170. The van der Waals surface area contributed by atoms with Crippen molar-refractivity contribution in [1.82, 2.24) is 24.7 Å². The number of rotatable bonds is 3. The molecule has 1 aromatic carbocycles. The van der Waals surface area contributed by atoms with Gasteiger partial charge in [0.2, 0.25) is 0 Å². The second-order valence-corrected chi connectivity index (χ2v) is 7.22. The number of alkyl halides is 3. The van der Waals surface area contributed by atoms with Gasteiger partial charge in [0.25, 0.3) is 0 Å². The van der Waals surface area contributed by atoms with E-state index in [-0.39, 0.29) is 5.65 Å². The van der Waals surface area contributed by atoms with E-state index in [2.05, 4.69) is 20.2 Å². The number of hydrogen-bond acceptors (Lipinski definition) is 3. The van der Waals surface area contributed by atoms with Crippen LogP contribution in [0.2, 0.25) is 5.02 Å². The van der Waals surface area contributed by atoms with Crippen LogP contribution in [0.5, 0.6) is 0 Å². The molecule has 27 heavy (non-hydrogen) atoms. The minimum absolute atomic E-state index is 0.180. The topological polar surface area (TPSA) is 59.4 Å². The first-order valence-electron chi connectivity index (χ1n) is 8.49. The second-order valence-electron chi connectivity index (χ2n) is 6.81. The minimum atomic E-state index is -4.52. The lowest BCUT2D eigenvalue weighted by Crippen LogP contribution is -2.09. The van der Waals surface area contributed by atoms with Gasteiger partial charge in [-0.15, -0.1) is 0 Å². The van der Waals surface area contributed by atoms with Gasteiger partial charge in [-0.2, -0.15) is 18.3 Å². The van der Waals surface area contributed by atoms with Crippen LogP contribution in [0.4, 0.5) is 13.2 Å². The molecule has 0 radical (unpaired) electrons. The summed E-state index contributed by atoms with van der Waals surface area (Å²) in [6.07, 6.45) is 0.00173. The maximum absolute atomic E-state index is 13.2. The van der Waals surface area contributed by atoms with Crippen molar-refractivity contribution < 1.29 is 13.2 Å². The molecule has 0 aliphatic heterocycles. The lowest BCUT2D eigenvalue weighted by Gasteiger charge is -2.11. The summed E-state index contributed by atoms with van der Waals surface area (Å²) in [4.78, 5) is 8.43. The molecule has 1 fully saturated rings. The van der Waals surface area contributed by atoms with Crippen molar-refractivity contribution >= 4 is 33.7 Å². The zero-order valence-corrected chi connectivity index (χ0v) is 14.6. The van der Waals surface area contributed by atoms with Crippen molar-refractivity contribution in [1.29, 1.82) is 0 Å². The average molecular weight is 392 g/mol. The van der Waals surface area contributed by atoms with Crippen LogP contribution in [0, 0.1) is 5.92 Å². The predicted molar refractivity (Wildman–Crippen MR) is 95.0 cm³/mol. The van der Waals surface area contributed by atoms with Crippen LogP contribution in [-0.2, 0) is 12.6 Å². The highest BCUT2D eigenvalue weighted by Crippen LogP contribution is 2.36. The van der Waals surface area contributed by atoms with Crippen molar-refractivity contribution in [3.8, 4) is 5.69 Å². The Morgan fingerprint density at radius 1 is 1.19 bits per heavy atom. The average Bonchev–Trinajstić information content (AvgIpc) is 3.16. The molecule has 138 valence electrons. The Labute approximate surface area is 156 Å². The van der Waals surface area contributed by atoms with E-state index < -0.39 is 11.9 Å². The minimum Gasteiger partial charge on any atom is -0.281 e. The highest BCUT2D eigenvalue weighted by atomic mass is 35.5. The summed E-state index contributed by atoms with van der Waals surface area (Å²) in [7, 11) is 0. The zero-order chi connectivity index (χ0) is 18.8. The lowest BCUT2D eigenvalue weighted by atomic mass is 10.2. The Balaban J connectivity index is 1.78. The monoisotopic (exact) mass is 391 g/mol. The van der Waals surface area contributed by atoms with Gasteiger partial charge < -0.3 is 0 Å². The van der Waals surface area contributed by atoms with Crippen LogP contribution < -0.4 is 0 Å². The van der Waals surface area contributed by atoms with Crippen molar-refractivity contribution in [2.75, 3.05) is 0 Å². The molecule has 1 N–H and O–H groups in total. The smallest absolute Gasteiger partial charge is 0.281 e. The van der Waals surface area contributed by atoms with Gasteiger partial charge in [0.1, 0.15) is 17.0 Å². The zero-order valence-electron chi connectivity index (χ0n) is 13.9.